The van der Waals surface area contributed by atoms with E-state index in [0.29, 0.717) is 26.4 Å². The highest BCUT2D eigenvalue weighted by Gasteiger charge is 1.91. The van der Waals surface area contributed by atoms with Crippen LogP contribution in [0.25, 0.3) is 0 Å². The van der Waals surface area contributed by atoms with Crippen LogP contribution in [0, 0.1) is 5.41 Å². The van der Waals surface area contributed by atoms with Gasteiger partial charge in [-0.1, -0.05) is 0 Å². The van der Waals surface area contributed by atoms with Crippen molar-refractivity contribution < 1.29 is 14.2 Å². The van der Waals surface area contributed by atoms with E-state index in [1.165, 1.54) is 0 Å². The van der Waals surface area contributed by atoms with E-state index < -0.39 is 0 Å². The Morgan fingerprint density at radius 2 is 1.85 bits per heavy atom. The lowest BCUT2D eigenvalue weighted by Crippen LogP contribution is -2.19. The van der Waals surface area contributed by atoms with Crippen LogP contribution in [0.4, 0.5) is 0 Å². The second kappa shape index (κ2) is 9.44. The lowest BCUT2D eigenvalue weighted by atomic mass is 10.5. The molecule has 0 unspecified atom stereocenters. The summed E-state index contributed by atoms with van der Waals surface area (Å²) in [6, 6.07) is 0. The zero-order valence-electron chi connectivity index (χ0n) is 8.04. The van der Waals surface area contributed by atoms with Gasteiger partial charge in [-0.05, 0) is 6.42 Å². The van der Waals surface area contributed by atoms with Crippen LogP contribution in [0.1, 0.15) is 6.42 Å². The molecule has 0 aromatic carbocycles. The lowest BCUT2D eigenvalue weighted by molar-refractivity contribution is 0.0513. The van der Waals surface area contributed by atoms with Crippen LogP contribution in [-0.2, 0) is 14.2 Å². The van der Waals surface area contributed by atoms with E-state index in [9.17, 15) is 0 Å². The molecule has 0 rings (SSSR count). The Morgan fingerprint density at radius 3 is 2.46 bits per heavy atom. The van der Waals surface area contributed by atoms with Gasteiger partial charge in [-0.2, -0.15) is 0 Å². The van der Waals surface area contributed by atoms with Crippen LogP contribution in [-0.4, -0.2) is 46.0 Å². The standard InChI is InChI=1S/C8H18N2O3/c1-11-3-2-4-12-5-6-13-7-8(9)10/h2-7H2,1H3,(H3,9,10). The van der Waals surface area contributed by atoms with E-state index in [1.807, 2.05) is 0 Å². The third kappa shape index (κ3) is 11.3. The molecule has 0 aromatic rings. The van der Waals surface area contributed by atoms with Crippen molar-refractivity contribution in [3.05, 3.63) is 0 Å². The maximum atomic E-state index is 6.86. The maximum absolute atomic E-state index is 6.86. The fourth-order valence-electron chi connectivity index (χ4n) is 0.707. The number of hydrogen-bond donors (Lipinski definition) is 2. The van der Waals surface area contributed by atoms with Gasteiger partial charge in [0, 0.05) is 20.3 Å². The third-order valence-electron chi connectivity index (χ3n) is 1.27. The minimum Gasteiger partial charge on any atom is -0.386 e. The molecular weight excluding hydrogens is 172 g/mol. The average Bonchev–Trinajstić information content (AvgIpc) is 2.09. The van der Waals surface area contributed by atoms with E-state index in [0.717, 1.165) is 6.42 Å². The molecule has 0 aliphatic rings. The Morgan fingerprint density at radius 1 is 1.15 bits per heavy atom. The van der Waals surface area contributed by atoms with Gasteiger partial charge in [-0.3, -0.25) is 5.41 Å². The molecule has 5 heteroatoms. The second-order valence-electron chi connectivity index (χ2n) is 2.54. The molecule has 0 saturated carbocycles. The SMILES string of the molecule is COCCCOCCOCC(=N)N. The first kappa shape index (κ1) is 12.3. The maximum Gasteiger partial charge on any atom is 0.117 e. The summed E-state index contributed by atoms with van der Waals surface area (Å²) >= 11 is 0. The Hall–Kier alpha value is -0.650. The molecule has 0 aliphatic carbocycles. The number of methoxy groups -OCH3 is 1. The highest BCUT2D eigenvalue weighted by molar-refractivity contribution is 5.78. The number of hydrogen-bond acceptors (Lipinski definition) is 4. The van der Waals surface area contributed by atoms with Crippen molar-refractivity contribution in [2.24, 2.45) is 5.73 Å². The molecule has 78 valence electrons. The fraction of sp³-hybridized carbons (Fsp3) is 0.875. The summed E-state index contributed by atoms with van der Waals surface area (Å²) in [5.41, 5.74) is 5.07. The van der Waals surface area contributed by atoms with Gasteiger partial charge in [-0.15, -0.1) is 0 Å². The highest BCUT2D eigenvalue weighted by Crippen LogP contribution is 1.84. The van der Waals surface area contributed by atoms with Gasteiger partial charge in [0.15, 0.2) is 0 Å². The first-order chi connectivity index (χ1) is 6.27. The Kier molecular flexibility index (Phi) is 8.97. The van der Waals surface area contributed by atoms with Crippen molar-refractivity contribution in [1.82, 2.24) is 0 Å². The van der Waals surface area contributed by atoms with Crippen molar-refractivity contribution in [2.75, 3.05) is 40.1 Å². The summed E-state index contributed by atoms with van der Waals surface area (Å²) in [6.45, 7) is 2.59. The Bertz CT molecular complexity index is 131. The van der Waals surface area contributed by atoms with Gasteiger partial charge in [0.2, 0.25) is 0 Å². The lowest BCUT2D eigenvalue weighted by Gasteiger charge is -2.04. The van der Waals surface area contributed by atoms with E-state index >= 15 is 0 Å². The van der Waals surface area contributed by atoms with Gasteiger partial charge in [0.25, 0.3) is 0 Å². The van der Waals surface area contributed by atoms with Gasteiger partial charge in [-0.25, -0.2) is 0 Å². The normalized spacial score (nSPS) is 10.2. The number of amidine groups is 1. The molecule has 0 atom stereocenters. The molecule has 0 fully saturated rings. The smallest absolute Gasteiger partial charge is 0.117 e. The average molecular weight is 190 g/mol. The van der Waals surface area contributed by atoms with Crippen molar-refractivity contribution in [3.8, 4) is 0 Å². The predicted octanol–water partition coefficient (Wildman–Crippen LogP) is -0.00793. The minimum absolute atomic E-state index is 0.0411. The molecule has 0 radical (unpaired) electrons. The summed E-state index contributed by atoms with van der Waals surface area (Å²) in [5, 5.41) is 6.86. The molecular formula is C8H18N2O3. The largest absolute Gasteiger partial charge is 0.386 e. The van der Waals surface area contributed by atoms with Gasteiger partial charge < -0.3 is 19.9 Å². The van der Waals surface area contributed by atoms with Crippen molar-refractivity contribution in [3.63, 3.8) is 0 Å². The molecule has 3 N–H and O–H groups in total. The predicted molar refractivity (Wildman–Crippen MR) is 50.0 cm³/mol. The first-order valence-corrected chi connectivity index (χ1v) is 4.24. The zero-order chi connectivity index (χ0) is 9.94. The van der Waals surface area contributed by atoms with Crippen molar-refractivity contribution in [2.45, 2.75) is 6.42 Å². The van der Waals surface area contributed by atoms with E-state index in [1.54, 1.807) is 7.11 Å². The van der Waals surface area contributed by atoms with E-state index in [-0.39, 0.29) is 12.4 Å². The summed E-state index contributed by atoms with van der Waals surface area (Å²) in [7, 11) is 1.66. The minimum atomic E-state index is 0.0411. The van der Waals surface area contributed by atoms with Crippen molar-refractivity contribution in [1.29, 1.82) is 5.41 Å². The summed E-state index contributed by atoms with van der Waals surface area (Å²) < 4.78 is 15.0. The van der Waals surface area contributed by atoms with Crippen LogP contribution in [0.3, 0.4) is 0 Å². The molecule has 0 bridgehead atoms. The van der Waals surface area contributed by atoms with Crippen LogP contribution < -0.4 is 5.73 Å². The monoisotopic (exact) mass is 190 g/mol. The topological polar surface area (TPSA) is 77.6 Å². The second-order valence-corrected chi connectivity index (χ2v) is 2.54. The molecule has 0 heterocycles. The molecule has 0 saturated heterocycles. The Balaban J connectivity index is 2.87. The molecule has 0 aromatic heterocycles. The summed E-state index contributed by atoms with van der Waals surface area (Å²) in [4.78, 5) is 0. The first-order valence-electron chi connectivity index (χ1n) is 4.24. The Labute approximate surface area is 78.7 Å². The number of nitrogens with one attached hydrogen (secondary N) is 1. The third-order valence-corrected chi connectivity index (χ3v) is 1.27. The number of rotatable bonds is 9. The van der Waals surface area contributed by atoms with Crippen LogP contribution in [0.5, 0.6) is 0 Å². The van der Waals surface area contributed by atoms with E-state index in [4.69, 9.17) is 25.4 Å². The highest BCUT2D eigenvalue weighted by atomic mass is 16.5. The fourth-order valence-corrected chi connectivity index (χ4v) is 0.707. The van der Waals surface area contributed by atoms with E-state index in [2.05, 4.69) is 0 Å². The molecule has 0 aliphatic heterocycles. The quantitative estimate of drug-likeness (QED) is 0.304. The zero-order valence-corrected chi connectivity index (χ0v) is 8.04. The number of nitrogens with two attached hydrogens (primary N) is 1. The summed E-state index contributed by atoms with van der Waals surface area (Å²) in [6.07, 6.45) is 0.892. The van der Waals surface area contributed by atoms with Gasteiger partial charge in [0.1, 0.15) is 12.4 Å². The van der Waals surface area contributed by atoms with Gasteiger partial charge in [0.05, 0.1) is 13.2 Å². The van der Waals surface area contributed by atoms with Crippen LogP contribution in [0.2, 0.25) is 0 Å². The summed E-state index contributed by atoms with van der Waals surface area (Å²) in [5.74, 6) is 0.0411. The van der Waals surface area contributed by atoms with Crippen LogP contribution in [0.15, 0.2) is 0 Å². The van der Waals surface area contributed by atoms with Crippen LogP contribution >= 0.6 is 0 Å². The molecule has 0 amide bonds. The number of ether oxygens (including phenoxy) is 3. The molecule has 13 heavy (non-hydrogen) atoms. The molecule has 0 spiro atoms. The molecule has 5 nitrogen and oxygen atoms in total. The van der Waals surface area contributed by atoms with Crippen molar-refractivity contribution >= 4 is 5.84 Å². The van der Waals surface area contributed by atoms with Gasteiger partial charge >= 0.3 is 0 Å².